The van der Waals surface area contributed by atoms with E-state index < -0.39 is 0 Å². The van der Waals surface area contributed by atoms with Gasteiger partial charge in [0.1, 0.15) is 0 Å². The number of halogens is 1. The summed E-state index contributed by atoms with van der Waals surface area (Å²) < 4.78 is 0. The molecule has 2 rings (SSSR count). The molecule has 0 bridgehead atoms. The summed E-state index contributed by atoms with van der Waals surface area (Å²) >= 11 is 6.38. The lowest BCUT2D eigenvalue weighted by Crippen LogP contribution is -2.44. The van der Waals surface area contributed by atoms with E-state index in [2.05, 4.69) is 22.2 Å². The van der Waals surface area contributed by atoms with E-state index in [-0.39, 0.29) is 5.91 Å². The maximum Gasteiger partial charge on any atom is 0.224 e. The van der Waals surface area contributed by atoms with Gasteiger partial charge in [-0.05, 0) is 31.2 Å². The third kappa shape index (κ3) is 4.61. The van der Waals surface area contributed by atoms with Crippen LogP contribution in [-0.4, -0.2) is 44.0 Å². The Morgan fingerprint density at radius 1 is 1.29 bits per heavy atom. The van der Waals surface area contributed by atoms with Gasteiger partial charge in [-0.25, -0.2) is 0 Å². The van der Waals surface area contributed by atoms with Crippen molar-refractivity contribution in [2.75, 3.05) is 43.4 Å². The van der Waals surface area contributed by atoms with E-state index >= 15 is 0 Å². The summed E-state index contributed by atoms with van der Waals surface area (Å²) in [5, 5.41) is 3.60. The van der Waals surface area contributed by atoms with Crippen LogP contribution >= 0.6 is 11.6 Å². The van der Waals surface area contributed by atoms with Crippen LogP contribution in [-0.2, 0) is 4.79 Å². The maximum atomic E-state index is 11.8. The lowest BCUT2D eigenvalue weighted by atomic mass is 10.1. The largest absolute Gasteiger partial charge is 0.368 e. The Kier molecular flexibility index (Phi) is 5.48. The number of likely N-dealkylation sites (N-methyl/N-ethyl adjacent to an activating group) is 1. The zero-order valence-electron chi connectivity index (χ0n) is 13.0. The van der Waals surface area contributed by atoms with Crippen molar-refractivity contribution < 1.29 is 4.79 Å². The fourth-order valence-corrected chi connectivity index (χ4v) is 2.77. The fourth-order valence-electron chi connectivity index (χ4n) is 2.47. The number of anilines is 2. The second kappa shape index (κ2) is 7.14. The van der Waals surface area contributed by atoms with Gasteiger partial charge in [-0.2, -0.15) is 0 Å². The summed E-state index contributed by atoms with van der Waals surface area (Å²) in [7, 11) is 2.13. The van der Waals surface area contributed by atoms with Crippen LogP contribution < -0.4 is 10.2 Å². The molecule has 4 nitrogen and oxygen atoms in total. The molecule has 1 saturated heterocycles. The minimum atomic E-state index is 0.0356. The van der Waals surface area contributed by atoms with Gasteiger partial charge in [-0.3, -0.25) is 4.79 Å². The number of amides is 1. The van der Waals surface area contributed by atoms with Crippen LogP contribution in [0.1, 0.15) is 20.3 Å². The first kappa shape index (κ1) is 16.1. The van der Waals surface area contributed by atoms with Crippen molar-refractivity contribution in [2.45, 2.75) is 20.3 Å². The van der Waals surface area contributed by atoms with Gasteiger partial charge in [-0.15, -0.1) is 0 Å². The molecular formula is C16H24ClN3O. The first-order chi connectivity index (χ1) is 9.95. The number of hydrogen-bond acceptors (Lipinski definition) is 3. The fraction of sp³-hybridized carbons (Fsp3) is 0.562. The molecule has 0 atom stereocenters. The maximum absolute atomic E-state index is 11.8. The normalized spacial score (nSPS) is 16.3. The molecule has 0 saturated carbocycles. The quantitative estimate of drug-likeness (QED) is 0.928. The highest BCUT2D eigenvalue weighted by Gasteiger charge is 2.17. The van der Waals surface area contributed by atoms with Crippen molar-refractivity contribution in [1.82, 2.24) is 4.90 Å². The van der Waals surface area contributed by atoms with Crippen LogP contribution in [0.5, 0.6) is 0 Å². The van der Waals surface area contributed by atoms with Gasteiger partial charge in [0, 0.05) is 38.3 Å². The number of rotatable bonds is 4. The molecule has 0 radical (unpaired) electrons. The lowest BCUT2D eigenvalue weighted by molar-refractivity contribution is -0.116. The number of nitrogens with zero attached hydrogens (tertiary/aromatic N) is 2. The van der Waals surface area contributed by atoms with Crippen molar-refractivity contribution in [3.63, 3.8) is 0 Å². The Balaban J connectivity index is 2.02. The average molecular weight is 310 g/mol. The number of nitrogens with one attached hydrogen (secondary N) is 1. The highest BCUT2D eigenvalue weighted by molar-refractivity contribution is 6.33. The first-order valence-electron chi connectivity index (χ1n) is 7.48. The predicted octanol–water partition coefficient (Wildman–Crippen LogP) is 3.08. The second-order valence-corrected chi connectivity index (χ2v) is 6.51. The van der Waals surface area contributed by atoms with Gasteiger partial charge < -0.3 is 15.1 Å². The number of carbonyl (C=O) groups is 1. The molecule has 0 unspecified atom stereocenters. The Hall–Kier alpha value is -1.26. The zero-order chi connectivity index (χ0) is 15.4. The standard InChI is InChI=1S/C16H24ClN3O/c1-12(2)10-16(21)18-13-4-5-15(14(17)11-13)20-8-6-19(3)7-9-20/h4-5,11-12H,6-10H2,1-3H3,(H,18,21). The second-order valence-electron chi connectivity index (χ2n) is 6.10. The smallest absolute Gasteiger partial charge is 0.224 e. The predicted molar refractivity (Wildman–Crippen MR) is 89.2 cm³/mol. The molecular weight excluding hydrogens is 286 g/mol. The molecule has 21 heavy (non-hydrogen) atoms. The summed E-state index contributed by atoms with van der Waals surface area (Å²) in [6.07, 6.45) is 0.526. The van der Waals surface area contributed by atoms with E-state index in [0.29, 0.717) is 17.4 Å². The molecule has 0 spiro atoms. The van der Waals surface area contributed by atoms with Gasteiger partial charge in [0.05, 0.1) is 10.7 Å². The molecule has 0 aromatic heterocycles. The minimum absolute atomic E-state index is 0.0356. The van der Waals surface area contributed by atoms with Gasteiger partial charge in [-0.1, -0.05) is 25.4 Å². The van der Waals surface area contributed by atoms with E-state index in [1.165, 1.54) is 0 Å². The lowest BCUT2D eigenvalue weighted by Gasteiger charge is -2.34. The molecule has 1 aromatic carbocycles. The first-order valence-corrected chi connectivity index (χ1v) is 7.86. The molecule has 1 aliphatic rings. The summed E-state index contributed by atoms with van der Waals surface area (Å²) in [4.78, 5) is 16.4. The van der Waals surface area contributed by atoms with Gasteiger partial charge in [0.2, 0.25) is 5.91 Å². The zero-order valence-corrected chi connectivity index (χ0v) is 13.8. The third-order valence-electron chi connectivity index (χ3n) is 3.67. The molecule has 5 heteroatoms. The minimum Gasteiger partial charge on any atom is -0.368 e. The molecule has 1 amide bonds. The topological polar surface area (TPSA) is 35.6 Å². The molecule has 1 heterocycles. The van der Waals surface area contributed by atoms with Crippen molar-refractivity contribution in [3.8, 4) is 0 Å². The van der Waals surface area contributed by atoms with Crippen molar-refractivity contribution in [1.29, 1.82) is 0 Å². The Labute approximate surface area is 132 Å². The monoisotopic (exact) mass is 309 g/mol. The number of hydrogen-bond donors (Lipinski definition) is 1. The van der Waals surface area contributed by atoms with Crippen molar-refractivity contribution in [2.24, 2.45) is 5.92 Å². The van der Waals surface area contributed by atoms with E-state index in [1.54, 1.807) is 0 Å². The molecule has 116 valence electrons. The van der Waals surface area contributed by atoms with E-state index in [0.717, 1.165) is 37.6 Å². The van der Waals surface area contributed by atoms with E-state index in [9.17, 15) is 4.79 Å². The van der Waals surface area contributed by atoms with Crippen molar-refractivity contribution >= 4 is 28.9 Å². The third-order valence-corrected chi connectivity index (χ3v) is 3.97. The summed E-state index contributed by atoms with van der Waals surface area (Å²) in [6.45, 7) is 8.11. The number of piperazine rings is 1. The molecule has 1 aliphatic heterocycles. The van der Waals surface area contributed by atoms with Gasteiger partial charge in [0.15, 0.2) is 0 Å². The van der Waals surface area contributed by atoms with Crippen LogP contribution in [0.4, 0.5) is 11.4 Å². The number of benzene rings is 1. The Bertz CT molecular complexity index is 496. The number of carbonyl (C=O) groups excluding carboxylic acids is 1. The van der Waals surface area contributed by atoms with Gasteiger partial charge >= 0.3 is 0 Å². The average Bonchev–Trinajstić information content (AvgIpc) is 2.39. The SMILES string of the molecule is CC(C)CC(=O)Nc1ccc(N2CCN(C)CC2)c(Cl)c1. The summed E-state index contributed by atoms with van der Waals surface area (Å²) in [5.74, 6) is 0.387. The Morgan fingerprint density at radius 3 is 2.52 bits per heavy atom. The van der Waals surface area contributed by atoms with Crippen LogP contribution in [0.2, 0.25) is 5.02 Å². The van der Waals surface area contributed by atoms with Crippen LogP contribution in [0.3, 0.4) is 0 Å². The van der Waals surface area contributed by atoms with E-state index in [4.69, 9.17) is 11.6 Å². The van der Waals surface area contributed by atoms with Crippen LogP contribution in [0, 0.1) is 5.92 Å². The molecule has 1 aromatic rings. The Morgan fingerprint density at radius 2 is 1.95 bits per heavy atom. The van der Waals surface area contributed by atoms with Gasteiger partial charge in [0.25, 0.3) is 0 Å². The van der Waals surface area contributed by atoms with Crippen LogP contribution in [0.25, 0.3) is 0 Å². The van der Waals surface area contributed by atoms with Crippen molar-refractivity contribution in [3.05, 3.63) is 23.2 Å². The molecule has 0 aliphatic carbocycles. The van der Waals surface area contributed by atoms with E-state index in [1.807, 2.05) is 32.0 Å². The van der Waals surface area contributed by atoms with Crippen LogP contribution in [0.15, 0.2) is 18.2 Å². The molecule has 1 N–H and O–H groups in total. The summed E-state index contributed by atoms with van der Waals surface area (Å²) in [5.41, 5.74) is 1.81. The highest BCUT2D eigenvalue weighted by Crippen LogP contribution is 2.29. The summed E-state index contributed by atoms with van der Waals surface area (Å²) in [6, 6.07) is 5.77. The molecule has 1 fully saturated rings. The highest BCUT2D eigenvalue weighted by atomic mass is 35.5.